The highest BCUT2D eigenvalue weighted by Gasteiger charge is 2.18. The van der Waals surface area contributed by atoms with Crippen LogP contribution in [0.5, 0.6) is 5.88 Å². The van der Waals surface area contributed by atoms with Gasteiger partial charge in [0.25, 0.3) is 0 Å². The Labute approximate surface area is 123 Å². The maximum atomic E-state index is 5.16. The SMILES string of the molecule is COc1nc(NCCC2CCCC(C)C2)ncc1Br. The van der Waals surface area contributed by atoms with Gasteiger partial charge in [0.05, 0.1) is 17.8 Å². The van der Waals surface area contributed by atoms with Crippen LogP contribution in [0.3, 0.4) is 0 Å². The van der Waals surface area contributed by atoms with Gasteiger partial charge in [-0.3, -0.25) is 0 Å². The van der Waals surface area contributed by atoms with Crippen molar-refractivity contribution in [2.75, 3.05) is 19.0 Å². The number of halogens is 1. The lowest BCUT2D eigenvalue weighted by Gasteiger charge is -2.26. The van der Waals surface area contributed by atoms with E-state index in [1.807, 2.05) is 0 Å². The molecular formula is C14H22BrN3O. The van der Waals surface area contributed by atoms with Crippen molar-refractivity contribution in [2.24, 2.45) is 11.8 Å². The number of aromatic nitrogens is 2. The molecule has 0 amide bonds. The fourth-order valence-corrected chi connectivity index (χ4v) is 3.14. The molecular weight excluding hydrogens is 306 g/mol. The van der Waals surface area contributed by atoms with Crippen LogP contribution in [0, 0.1) is 11.8 Å². The number of anilines is 1. The van der Waals surface area contributed by atoms with Crippen molar-refractivity contribution >= 4 is 21.9 Å². The van der Waals surface area contributed by atoms with E-state index in [9.17, 15) is 0 Å². The van der Waals surface area contributed by atoms with Crippen molar-refractivity contribution in [3.63, 3.8) is 0 Å². The largest absolute Gasteiger partial charge is 0.480 e. The first kappa shape index (κ1) is 14.6. The van der Waals surface area contributed by atoms with Crippen LogP contribution in [0.1, 0.15) is 39.0 Å². The van der Waals surface area contributed by atoms with Crippen LogP contribution in [0.4, 0.5) is 5.95 Å². The van der Waals surface area contributed by atoms with Gasteiger partial charge in [-0.25, -0.2) is 4.98 Å². The number of nitrogens with zero attached hydrogens (tertiary/aromatic N) is 2. The summed E-state index contributed by atoms with van der Waals surface area (Å²) in [7, 11) is 1.61. The van der Waals surface area contributed by atoms with Gasteiger partial charge >= 0.3 is 0 Å². The number of hydrogen-bond donors (Lipinski definition) is 1. The van der Waals surface area contributed by atoms with E-state index in [1.165, 1.54) is 32.1 Å². The van der Waals surface area contributed by atoms with Gasteiger partial charge < -0.3 is 10.1 Å². The maximum absolute atomic E-state index is 5.16. The minimum absolute atomic E-state index is 0.573. The topological polar surface area (TPSA) is 47.0 Å². The van der Waals surface area contributed by atoms with E-state index < -0.39 is 0 Å². The Morgan fingerprint density at radius 2 is 2.32 bits per heavy atom. The molecule has 4 nitrogen and oxygen atoms in total. The predicted molar refractivity (Wildman–Crippen MR) is 80.5 cm³/mol. The van der Waals surface area contributed by atoms with Gasteiger partial charge in [-0.2, -0.15) is 4.98 Å². The molecule has 0 radical (unpaired) electrons. The number of hydrogen-bond acceptors (Lipinski definition) is 4. The van der Waals surface area contributed by atoms with Crippen LogP contribution in [0.25, 0.3) is 0 Å². The molecule has 1 saturated carbocycles. The highest BCUT2D eigenvalue weighted by molar-refractivity contribution is 9.10. The van der Waals surface area contributed by atoms with Gasteiger partial charge in [-0.1, -0.05) is 26.2 Å². The van der Waals surface area contributed by atoms with E-state index in [2.05, 4.69) is 38.1 Å². The molecule has 0 saturated heterocycles. The summed E-state index contributed by atoms with van der Waals surface area (Å²) in [5.74, 6) is 2.96. The molecule has 1 aromatic heterocycles. The Hall–Kier alpha value is -0.840. The minimum Gasteiger partial charge on any atom is -0.480 e. The van der Waals surface area contributed by atoms with Crippen LogP contribution in [-0.2, 0) is 0 Å². The molecule has 0 aliphatic heterocycles. The number of methoxy groups -OCH3 is 1. The molecule has 1 aliphatic carbocycles. The Bertz CT molecular complexity index is 414. The van der Waals surface area contributed by atoms with Crippen LogP contribution in [0.2, 0.25) is 0 Å². The second kappa shape index (κ2) is 7.08. The smallest absolute Gasteiger partial charge is 0.232 e. The van der Waals surface area contributed by atoms with Crippen molar-refractivity contribution in [3.8, 4) is 5.88 Å². The third-order valence-corrected chi connectivity index (χ3v) is 4.33. The molecule has 0 aromatic carbocycles. The Balaban J connectivity index is 1.79. The zero-order chi connectivity index (χ0) is 13.7. The lowest BCUT2D eigenvalue weighted by molar-refractivity contribution is 0.274. The number of rotatable bonds is 5. The molecule has 1 heterocycles. The summed E-state index contributed by atoms with van der Waals surface area (Å²) in [4.78, 5) is 8.53. The molecule has 1 aliphatic rings. The molecule has 19 heavy (non-hydrogen) atoms. The fraction of sp³-hybridized carbons (Fsp3) is 0.714. The van der Waals surface area contributed by atoms with Crippen molar-refractivity contribution in [3.05, 3.63) is 10.7 Å². The molecule has 2 atom stereocenters. The number of ether oxygens (including phenoxy) is 1. The number of nitrogens with one attached hydrogen (secondary N) is 1. The van der Waals surface area contributed by atoms with E-state index in [0.29, 0.717) is 11.8 Å². The van der Waals surface area contributed by atoms with Crippen LogP contribution >= 0.6 is 15.9 Å². The molecule has 2 unspecified atom stereocenters. The second-order valence-electron chi connectivity index (χ2n) is 5.40. The molecule has 106 valence electrons. The van der Waals surface area contributed by atoms with Crippen molar-refractivity contribution in [2.45, 2.75) is 39.0 Å². The van der Waals surface area contributed by atoms with Crippen molar-refractivity contribution in [1.82, 2.24) is 9.97 Å². The first-order valence-corrected chi connectivity index (χ1v) is 7.78. The molecule has 2 rings (SSSR count). The second-order valence-corrected chi connectivity index (χ2v) is 6.26. The van der Waals surface area contributed by atoms with Crippen LogP contribution in [0.15, 0.2) is 10.7 Å². The summed E-state index contributed by atoms with van der Waals surface area (Å²) in [6, 6.07) is 0. The fourth-order valence-electron chi connectivity index (χ4n) is 2.79. The van der Waals surface area contributed by atoms with E-state index in [4.69, 9.17) is 4.74 Å². The zero-order valence-electron chi connectivity index (χ0n) is 11.7. The highest BCUT2D eigenvalue weighted by atomic mass is 79.9. The van der Waals surface area contributed by atoms with E-state index >= 15 is 0 Å². The first-order valence-electron chi connectivity index (χ1n) is 6.99. The summed E-state index contributed by atoms with van der Waals surface area (Å²) >= 11 is 3.35. The van der Waals surface area contributed by atoms with E-state index in [1.54, 1.807) is 13.3 Å². The summed E-state index contributed by atoms with van der Waals surface area (Å²) in [6.45, 7) is 3.30. The third kappa shape index (κ3) is 4.34. The standard InChI is InChI=1S/C14H22BrN3O/c1-10-4-3-5-11(8-10)6-7-16-14-17-9-12(15)13(18-14)19-2/h9-11H,3-8H2,1-2H3,(H,16,17,18). The summed E-state index contributed by atoms with van der Waals surface area (Å²) in [5.41, 5.74) is 0. The summed E-state index contributed by atoms with van der Waals surface area (Å²) in [5, 5.41) is 3.29. The average molecular weight is 328 g/mol. The Kier molecular flexibility index (Phi) is 5.43. The lowest BCUT2D eigenvalue weighted by atomic mass is 9.81. The van der Waals surface area contributed by atoms with E-state index in [0.717, 1.165) is 22.9 Å². The quantitative estimate of drug-likeness (QED) is 0.891. The first-order chi connectivity index (χ1) is 9.19. The molecule has 1 fully saturated rings. The average Bonchev–Trinajstić information content (AvgIpc) is 2.41. The predicted octanol–water partition coefficient (Wildman–Crippen LogP) is 3.88. The molecule has 0 spiro atoms. The van der Waals surface area contributed by atoms with Gasteiger partial charge in [0.2, 0.25) is 11.8 Å². The molecule has 1 N–H and O–H groups in total. The van der Waals surface area contributed by atoms with Crippen molar-refractivity contribution in [1.29, 1.82) is 0 Å². The molecule has 0 bridgehead atoms. The van der Waals surface area contributed by atoms with Gasteiger partial charge in [-0.05, 0) is 40.6 Å². The van der Waals surface area contributed by atoms with Gasteiger partial charge in [0.1, 0.15) is 0 Å². The van der Waals surface area contributed by atoms with Crippen LogP contribution in [-0.4, -0.2) is 23.6 Å². The third-order valence-electron chi connectivity index (χ3n) is 3.79. The molecule has 5 heteroatoms. The minimum atomic E-state index is 0.573. The molecule has 1 aromatic rings. The van der Waals surface area contributed by atoms with Gasteiger partial charge in [0.15, 0.2) is 0 Å². The summed E-state index contributed by atoms with van der Waals surface area (Å²) in [6.07, 6.45) is 8.44. The Morgan fingerprint density at radius 1 is 1.47 bits per heavy atom. The summed E-state index contributed by atoms with van der Waals surface area (Å²) < 4.78 is 5.94. The van der Waals surface area contributed by atoms with Crippen LogP contribution < -0.4 is 10.1 Å². The van der Waals surface area contributed by atoms with Gasteiger partial charge in [0, 0.05) is 6.54 Å². The van der Waals surface area contributed by atoms with Crippen molar-refractivity contribution < 1.29 is 4.74 Å². The lowest BCUT2D eigenvalue weighted by Crippen LogP contribution is -2.17. The normalized spacial score (nSPS) is 23.1. The Morgan fingerprint density at radius 3 is 3.05 bits per heavy atom. The maximum Gasteiger partial charge on any atom is 0.232 e. The van der Waals surface area contributed by atoms with E-state index in [-0.39, 0.29) is 0 Å². The zero-order valence-corrected chi connectivity index (χ0v) is 13.2. The monoisotopic (exact) mass is 327 g/mol. The van der Waals surface area contributed by atoms with Gasteiger partial charge in [-0.15, -0.1) is 0 Å². The highest BCUT2D eigenvalue weighted by Crippen LogP contribution is 2.30.